The molecule has 2 N–H and O–H groups in total. The van der Waals surface area contributed by atoms with Gasteiger partial charge in [-0.2, -0.15) is 0 Å². The highest BCUT2D eigenvalue weighted by Gasteiger charge is 2.47. The van der Waals surface area contributed by atoms with E-state index in [9.17, 15) is 9.59 Å². The maximum Gasteiger partial charge on any atom is 0.410 e. The molecule has 1 aromatic heterocycles. The maximum atomic E-state index is 12.7. The van der Waals surface area contributed by atoms with Crippen LogP contribution in [0.2, 0.25) is 0 Å². The molecule has 0 saturated carbocycles. The molecular formula is C21H24N4O3. The number of carbonyl (C=O) groups excluding carboxylic acids is 2. The summed E-state index contributed by atoms with van der Waals surface area (Å²) in [6.45, 7) is 2.34. The number of anilines is 1. The van der Waals surface area contributed by atoms with Crippen LogP contribution in [0, 0.1) is 0 Å². The molecule has 1 spiro atoms. The van der Waals surface area contributed by atoms with Gasteiger partial charge in [-0.3, -0.25) is 4.79 Å². The number of nitrogens with zero attached hydrogens (tertiary/aromatic N) is 3. The Labute approximate surface area is 164 Å². The van der Waals surface area contributed by atoms with Gasteiger partial charge in [0.15, 0.2) is 0 Å². The summed E-state index contributed by atoms with van der Waals surface area (Å²) in [5.74, 6) is 0.271. The van der Waals surface area contributed by atoms with Crippen molar-refractivity contribution in [2.45, 2.75) is 24.9 Å². The van der Waals surface area contributed by atoms with Crippen LogP contribution in [0.15, 0.2) is 48.7 Å². The molecule has 0 atom stereocenters. The van der Waals surface area contributed by atoms with Gasteiger partial charge >= 0.3 is 6.09 Å². The Balaban J connectivity index is 1.34. The van der Waals surface area contributed by atoms with Gasteiger partial charge in [-0.1, -0.05) is 30.3 Å². The summed E-state index contributed by atoms with van der Waals surface area (Å²) in [5.41, 5.74) is 6.93. The number of nitrogen functional groups attached to an aromatic ring is 1. The summed E-state index contributed by atoms with van der Waals surface area (Å²) in [7, 11) is 0. The van der Waals surface area contributed by atoms with Gasteiger partial charge in [-0.05, 0) is 24.1 Å². The van der Waals surface area contributed by atoms with Crippen LogP contribution < -0.4 is 5.73 Å². The van der Waals surface area contributed by atoms with E-state index in [2.05, 4.69) is 17.1 Å². The van der Waals surface area contributed by atoms with E-state index in [1.165, 1.54) is 11.8 Å². The molecule has 2 amide bonds. The van der Waals surface area contributed by atoms with E-state index < -0.39 is 5.60 Å². The number of carbonyl (C=O) groups is 2. The summed E-state index contributed by atoms with van der Waals surface area (Å²) in [4.78, 5) is 32.5. The third-order valence-corrected chi connectivity index (χ3v) is 5.54. The van der Waals surface area contributed by atoms with Gasteiger partial charge in [0, 0.05) is 44.2 Å². The monoisotopic (exact) mass is 380 g/mol. The normalized spacial score (nSPS) is 18.4. The molecule has 7 nitrogen and oxygen atoms in total. The Kier molecular flexibility index (Phi) is 4.90. The molecule has 0 bridgehead atoms. The van der Waals surface area contributed by atoms with Gasteiger partial charge < -0.3 is 20.3 Å². The number of piperidine rings is 1. The van der Waals surface area contributed by atoms with Crippen molar-refractivity contribution in [3.8, 4) is 0 Å². The average molecular weight is 380 g/mol. The summed E-state index contributed by atoms with van der Waals surface area (Å²) < 4.78 is 5.76. The van der Waals surface area contributed by atoms with Crippen molar-refractivity contribution in [1.29, 1.82) is 0 Å². The van der Waals surface area contributed by atoms with E-state index in [4.69, 9.17) is 10.5 Å². The average Bonchev–Trinajstić information content (AvgIpc) is 3.02. The van der Waals surface area contributed by atoms with Crippen molar-refractivity contribution in [1.82, 2.24) is 14.8 Å². The molecule has 2 aliphatic rings. The molecule has 7 heteroatoms. The van der Waals surface area contributed by atoms with Gasteiger partial charge in [0.1, 0.15) is 11.4 Å². The lowest BCUT2D eigenvalue weighted by Gasteiger charge is -2.37. The number of hydrogen-bond donors (Lipinski definition) is 1. The Bertz CT molecular complexity index is 863. The predicted molar refractivity (Wildman–Crippen MR) is 105 cm³/mol. The first-order chi connectivity index (χ1) is 13.5. The van der Waals surface area contributed by atoms with Gasteiger partial charge in [-0.25, -0.2) is 9.78 Å². The van der Waals surface area contributed by atoms with Crippen molar-refractivity contribution in [3.63, 3.8) is 0 Å². The van der Waals surface area contributed by atoms with Crippen LogP contribution >= 0.6 is 0 Å². The van der Waals surface area contributed by atoms with Crippen molar-refractivity contribution >= 4 is 17.8 Å². The van der Waals surface area contributed by atoms with Crippen LogP contribution in [0.25, 0.3) is 0 Å². The van der Waals surface area contributed by atoms with Gasteiger partial charge in [0.05, 0.1) is 6.54 Å². The highest BCUT2D eigenvalue weighted by Crippen LogP contribution is 2.33. The topological polar surface area (TPSA) is 88.8 Å². The van der Waals surface area contributed by atoms with E-state index in [1.54, 1.807) is 21.9 Å². The number of ether oxygens (including phenoxy) is 1. The molecule has 2 aromatic rings. The Hall–Kier alpha value is -3.09. The fourth-order valence-corrected chi connectivity index (χ4v) is 3.91. The Morgan fingerprint density at radius 3 is 2.64 bits per heavy atom. The lowest BCUT2D eigenvalue weighted by atomic mass is 9.91. The van der Waals surface area contributed by atoms with Crippen LogP contribution in [-0.4, -0.2) is 58.6 Å². The van der Waals surface area contributed by atoms with Crippen molar-refractivity contribution < 1.29 is 14.3 Å². The van der Waals surface area contributed by atoms with Crippen LogP contribution in [-0.2, 0) is 11.2 Å². The second-order valence-corrected chi connectivity index (χ2v) is 7.47. The van der Waals surface area contributed by atoms with E-state index in [0.29, 0.717) is 50.4 Å². The standard InChI is InChI=1S/C21H24N4O3/c22-18-14-17(6-10-23-18)19(26)24-12-8-21(9-13-24)15-25(20(27)28-21)11-7-16-4-2-1-3-5-16/h1-6,10,14H,7-9,11-13,15H2,(H2,22,23). The van der Waals surface area contributed by atoms with Gasteiger partial charge in [0.25, 0.3) is 5.91 Å². The van der Waals surface area contributed by atoms with Crippen molar-refractivity contribution in [2.75, 3.05) is 31.9 Å². The molecule has 2 fully saturated rings. The molecule has 0 radical (unpaired) electrons. The molecule has 1 aromatic carbocycles. The zero-order chi connectivity index (χ0) is 19.6. The Morgan fingerprint density at radius 1 is 1.18 bits per heavy atom. The number of aromatic nitrogens is 1. The largest absolute Gasteiger partial charge is 0.441 e. The molecule has 0 unspecified atom stereocenters. The molecule has 4 rings (SSSR count). The molecular weight excluding hydrogens is 356 g/mol. The molecule has 28 heavy (non-hydrogen) atoms. The zero-order valence-corrected chi connectivity index (χ0v) is 15.7. The molecule has 0 aliphatic carbocycles. The first-order valence-electron chi connectivity index (χ1n) is 9.57. The SMILES string of the molecule is Nc1cc(C(=O)N2CCC3(CC2)CN(CCc2ccccc2)C(=O)O3)ccn1. The Morgan fingerprint density at radius 2 is 1.93 bits per heavy atom. The lowest BCUT2D eigenvalue weighted by molar-refractivity contribution is 0.00313. The maximum absolute atomic E-state index is 12.7. The number of likely N-dealkylation sites (tertiary alicyclic amines) is 1. The summed E-state index contributed by atoms with van der Waals surface area (Å²) in [6, 6.07) is 13.4. The second kappa shape index (κ2) is 7.50. The number of rotatable bonds is 4. The highest BCUT2D eigenvalue weighted by molar-refractivity contribution is 5.94. The minimum atomic E-state index is -0.484. The van der Waals surface area contributed by atoms with Crippen molar-refractivity contribution in [2.24, 2.45) is 0 Å². The molecule has 3 heterocycles. The summed E-state index contributed by atoms with van der Waals surface area (Å²) in [5, 5.41) is 0. The third kappa shape index (κ3) is 3.78. The van der Waals surface area contributed by atoms with Crippen LogP contribution in [0.4, 0.5) is 10.6 Å². The molecule has 146 valence electrons. The van der Waals surface area contributed by atoms with Crippen LogP contribution in [0.1, 0.15) is 28.8 Å². The third-order valence-electron chi connectivity index (χ3n) is 5.54. The van der Waals surface area contributed by atoms with E-state index in [-0.39, 0.29) is 12.0 Å². The van der Waals surface area contributed by atoms with E-state index in [1.807, 2.05) is 18.2 Å². The number of benzene rings is 1. The fourth-order valence-electron chi connectivity index (χ4n) is 3.91. The highest BCUT2D eigenvalue weighted by atomic mass is 16.6. The number of amides is 2. The predicted octanol–water partition coefficient (Wildman–Crippen LogP) is 2.33. The zero-order valence-electron chi connectivity index (χ0n) is 15.7. The first-order valence-corrected chi connectivity index (χ1v) is 9.57. The second-order valence-electron chi connectivity index (χ2n) is 7.47. The minimum Gasteiger partial charge on any atom is -0.441 e. The quantitative estimate of drug-likeness (QED) is 0.879. The molecule has 2 aliphatic heterocycles. The first kappa shape index (κ1) is 18.3. The van der Waals surface area contributed by atoms with E-state index >= 15 is 0 Å². The number of nitrogens with two attached hydrogens (primary N) is 1. The minimum absolute atomic E-state index is 0.0609. The summed E-state index contributed by atoms with van der Waals surface area (Å²) >= 11 is 0. The summed E-state index contributed by atoms with van der Waals surface area (Å²) in [6.07, 6.45) is 3.38. The van der Waals surface area contributed by atoms with Crippen LogP contribution in [0.3, 0.4) is 0 Å². The lowest BCUT2D eigenvalue weighted by Crippen LogP contribution is -2.48. The van der Waals surface area contributed by atoms with Crippen molar-refractivity contribution in [3.05, 3.63) is 59.8 Å². The van der Waals surface area contributed by atoms with Crippen LogP contribution in [0.5, 0.6) is 0 Å². The smallest absolute Gasteiger partial charge is 0.410 e. The van der Waals surface area contributed by atoms with Gasteiger partial charge in [-0.15, -0.1) is 0 Å². The molecule has 2 saturated heterocycles. The van der Waals surface area contributed by atoms with E-state index in [0.717, 1.165) is 6.42 Å². The van der Waals surface area contributed by atoms with Gasteiger partial charge in [0.2, 0.25) is 0 Å². The fraction of sp³-hybridized carbons (Fsp3) is 0.381. The number of hydrogen-bond acceptors (Lipinski definition) is 5. The number of pyridine rings is 1.